The predicted octanol–water partition coefficient (Wildman–Crippen LogP) is 1.48. The van der Waals surface area contributed by atoms with Crippen molar-refractivity contribution >= 4 is 34.0 Å². The molecule has 0 bridgehead atoms. The molecular weight excluding hydrogens is 283 g/mol. The highest BCUT2D eigenvalue weighted by Gasteiger charge is 2.31. The zero-order valence-corrected chi connectivity index (χ0v) is 11.4. The monoisotopic (exact) mass is 296 g/mol. The van der Waals surface area contributed by atoms with Crippen molar-refractivity contribution in [3.8, 4) is 0 Å². The molecule has 7 heteroatoms. The Morgan fingerprint density at radius 2 is 2.00 bits per heavy atom. The molecule has 1 atom stereocenters. The minimum absolute atomic E-state index is 0. The first-order chi connectivity index (χ1) is 7.51. The number of sulfonamides is 1. The topological polar surface area (TPSA) is 63.4 Å². The van der Waals surface area contributed by atoms with E-state index in [9.17, 15) is 8.42 Å². The summed E-state index contributed by atoms with van der Waals surface area (Å²) in [5.41, 5.74) is 5.70. The molecule has 0 aromatic heterocycles. The highest BCUT2D eigenvalue weighted by Crippen LogP contribution is 2.26. The Morgan fingerprint density at radius 3 is 2.53 bits per heavy atom. The summed E-state index contributed by atoms with van der Waals surface area (Å²) in [6.07, 6.45) is 0.698. The van der Waals surface area contributed by atoms with Crippen LogP contribution in [-0.4, -0.2) is 31.9 Å². The van der Waals surface area contributed by atoms with Gasteiger partial charge >= 0.3 is 0 Å². The van der Waals surface area contributed by atoms with E-state index in [1.54, 1.807) is 18.2 Å². The van der Waals surface area contributed by atoms with Crippen molar-refractivity contribution in [2.45, 2.75) is 17.4 Å². The molecule has 1 unspecified atom stereocenters. The van der Waals surface area contributed by atoms with E-state index in [1.807, 2.05) is 0 Å². The first-order valence-electron chi connectivity index (χ1n) is 5.02. The molecule has 1 aromatic rings. The van der Waals surface area contributed by atoms with E-state index in [4.69, 9.17) is 17.3 Å². The van der Waals surface area contributed by atoms with Crippen molar-refractivity contribution in [3.05, 3.63) is 29.3 Å². The molecule has 0 saturated carbocycles. The average Bonchev–Trinajstić information content (AvgIpc) is 2.66. The lowest BCUT2D eigenvalue weighted by atomic mass is 10.3. The van der Waals surface area contributed by atoms with Crippen molar-refractivity contribution in [3.63, 3.8) is 0 Å². The summed E-state index contributed by atoms with van der Waals surface area (Å²) in [5, 5.41) is 0.253. The summed E-state index contributed by atoms with van der Waals surface area (Å²) in [4.78, 5) is 0.158. The summed E-state index contributed by atoms with van der Waals surface area (Å²) in [6, 6.07) is 6.38. The summed E-state index contributed by atoms with van der Waals surface area (Å²) in [5.74, 6) is 0. The van der Waals surface area contributed by atoms with Gasteiger partial charge < -0.3 is 5.73 Å². The average molecular weight is 297 g/mol. The van der Waals surface area contributed by atoms with Crippen LogP contribution in [0, 0.1) is 0 Å². The Kier molecular flexibility index (Phi) is 4.80. The highest BCUT2D eigenvalue weighted by atomic mass is 35.5. The molecule has 4 nitrogen and oxygen atoms in total. The summed E-state index contributed by atoms with van der Waals surface area (Å²) in [6.45, 7) is 0.836. The zero-order chi connectivity index (χ0) is 11.8. The molecule has 0 amide bonds. The van der Waals surface area contributed by atoms with E-state index >= 15 is 0 Å². The molecule has 2 N–H and O–H groups in total. The second-order valence-electron chi connectivity index (χ2n) is 3.84. The van der Waals surface area contributed by atoms with E-state index in [1.165, 1.54) is 10.4 Å². The van der Waals surface area contributed by atoms with E-state index in [0.29, 0.717) is 19.5 Å². The number of rotatable bonds is 2. The van der Waals surface area contributed by atoms with Crippen LogP contribution in [0.4, 0.5) is 0 Å². The van der Waals surface area contributed by atoms with Gasteiger partial charge in [0.05, 0.1) is 5.02 Å². The summed E-state index contributed by atoms with van der Waals surface area (Å²) >= 11 is 5.89. The molecule has 96 valence electrons. The summed E-state index contributed by atoms with van der Waals surface area (Å²) in [7, 11) is -3.48. The summed E-state index contributed by atoms with van der Waals surface area (Å²) < 4.78 is 25.8. The third-order valence-electron chi connectivity index (χ3n) is 2.64. The second-order valence-corrected chi connectivity index (χ2v) is 6.16. The van der Waals surface area contributed by atoms with Crippen molar-refractivity contribution in [1.82, 2.24) is 4.31 Å². The van der Waals surface area contributed by atoms with Crippen LogP contribution in [0.5, 0.6) is 0 Å². The Labute approximate surface area is 112 Å². The molecule has 0 aliphatic carbocycles. The van der Waals surface area contributed by atoms with Crippen molar-refractivity contribution in [2.75, 3.05) is 13.1 Å². The van der Waals surface area contributed by atoms with Gasteiger partial charge in [0.1, 0.15) is 4.90 Å². The predicted molar refractivity (Wildman–Crippen MR) is 70.1 cm³/mol. The number of nitrogens with zero attached hydrogens (tertiary/aromatic N) is 1. The van der Waals surface area contributed by atoms with Gasteiger partial charge in [-0.25, -0.2) is 8.42 Å². The fourth-order valence-electron chi connectivity index (χ4n) is 1.77. The molecule has 1 aliphatic heterocycles. The molecule has 1 saturated heterocycles. The molecule has 1 aromatic carbocycles. The molecule has 17 heavy (non-hydrogen) atoms. The molecule has 2 rings (SSSR count). The van der Waals surface area contributed by atoms with Gasteiger partial charge in [-0.15, -0.1) is 12.4 Å². The van der Waals surface area contributed by atoms with Crippen LogP contribution in [0.3, 0.4) is 0 Å². The SMILES string of the molecule is Cl.NC1CCN(S(=O)(=O)c2ccccc2Cl)C1. The highest BCUT2D eigenvalue weighted by molar-refractivity contribution is 7.89. The number of halogens is 2. The molecule has 0 spiro atoms. The maximum absolute atomic E-state index is 12.2. The first-order valence-corrected chi connectivity index (χ1v) is 6.84. The maximum atomic E-state index is 12.2. The lowest BCUT2D eigenvalue weighted by Crippen LogP contribution is -2.32. The van der Waals surface area contributed by atoms with Crippen LogP contribution >= 0.6 is 24.0 Å². The molecule has 1 heterocycles. The fourth-order valence-corrected chi connectivity index (χ4v) is 3.77. The van der Waals surface area contributed by atoms with Crippen molar-refractivity contribution in [1.29, 1.82) is 0 Å². The molecule has 1 aliphatic rings. The number of benzene rings is 1. The van der Waals surface area contributed by atoms with Gasteiger partial charge in [-0.05, 0) is 18.6 Å². The van der Waals surface area contributed by atoms with Crippen LogP contribution in [0.25, 0.3) is 0 Å². The number of nitrogens with two attached hydrogens (primary N) is 1. The van der Waals surface area contributed by atoms with Crippen LogP contribution in [0.15, 0.2) is 29.2 Å². The van der Waals surface area contributed by atoms with Crippen LogP contribution in [0.1, 0.15) is 6.42 Å². The normalized spacial score (nSPS) is 21.2. The van der Waals surface area contributed by atoms with Gasteiger partial charge in [-0.2, -0.15) is 4.31 Å². The molecule has 0 radical (unpaired) electrons. The standard InChI is InChI=1S/C10H13ClN2O2S.ClH/c11-9-3-1-2-4-10(9)16(14,15)13-6-5-8(12)7-13;/h1-4,8H,5-7,12H2;1H. The smallest absolute Gasteiger partial charge is 0.244 e. The lowest BCUT2D eigenvalue weighted by molar-refractivity contribution is 0.472. The van der Waals surface area contributed by atoms with E-state index in [0.717, 1.165) is 0 Å². The minimum Gasteiger partial charge on any atom is -0.326 e. The van der Waals surface area contributed by atoms with Gasteiger partial charge in [0.2, 0.25) is 10.0 Å². The Morgan fingerprint density at radius 1 is 1.35 bits per heavy atom. The van der Waals surface area contributed by atoms with Crippen LogP contribution in [0.2, 0.25) is 5.02 Å². The zero-order valence-electron chi connectivity index (χ0n) is 9.04. The Balaban J connectivity index is 0.00000144. The van der Waals surface area contributed by atoms with Crippen molar-refractivity contribution < 1.29 is 8.42 Å². The van der Waals surface area contributed by atoms with E-state index < -0.39 is 10.0 Å². The van der Waals surface area contributed by atoms with Gasteiger partial charge in [-0.1, -0.05) is 23.7 Å². The van der Waals surface area contributed by atoms with Gasteiger partial charge in [0, 0.05) is 19.1 Å². The van der Waals surface area contributed by atoms with Gasteiger partial charge in [0.15, 0.2) is 0 Å². The van der Waals surface area contributed by atoms with Crippen LogP contribution in [-0.2, 0) is 10.0 Å². The largest absolute Gasteiger partial charge is 0.326 e. The van der Waals surface area contributed by atoms with Gasteiger partial charge in [-0.3, -0.25) is 0 Å². The fraction of sp³-hybridized carbons (Fsp3) is 0.400. The molecular formula is C10H14Cl2N2O2S. The lowest BCUT2D eigenvalue weighted by Gasteiger charge is -2.16. The minimum atomic E-state index is -3.48. The maximum Gasteiger partial charge on any atom is 0.244 e. The van der Waals surface area contributed by atoms with E-state index in [-0.39, 0.29) is 28.4 Å². The Bertz CT molecular complexity index is 493. The third kappa shape index (κ3) is 2.92. The van der Waals surface area contributed by atoms with Crippen LogP contribution < -0.4 is 5.73 Å². The number of hydrogen-bond donors (Lipinski definition) is 1. The molecule has 1 fully saturated rings. The van der Waals surface area contributed by atoms with Gasteiger partial charge in [0.25, 0.3) is 0 Å². The second kappa shape index (κ2) is 5.54. The van der Waals surface area contributed by atoms with Crippen molar-refractivity contribution in [2.24, 2.45) is 5.73 Å². The third-order valence-corrected chi connectivity index (χ3v) is 5.01. The quantitative estimate of drug-likeness (QED) is 0.899. The Hall–Kier alpha value is -0.330. The van der Waals surface area contributed by atoms with E-state index in [2.05, 4.69) is 0 Å². The number of hydrogen-bond acceptors (Lipinski definition) is 3. The first kappa shape index (κ1) is 14.7.